The van der Waals surface area contributed by atoms with Gasteiger partial charge in [-0.2, -0.15) is 5.10 Å². The van der Waals surface area contributed by atoms with Crippen molar-refractivity contribution in [1.82, 2.24) is 14.8 Å². The maximum absolute atomic E-state index is 6.28. The summed E-state index contributed by atoms with van der Waals surface area (Å²) in [7, 11) is 0. The number of rotatable bonds is 6. The molecule has 1 atom stereocenters. The molecule has 4 heteroatoms. The summed E-state index contributed by atoms with van der Waals surface area (Å²) >= 11 is 0. The lowest BCUT2D eigenvalue weighted by molar-refractivity contribution is 0.540. The van der Waals surface area contributed by atoms with Gasteiger partial charge in [-0.05, 0) is 32.3 Å². The van der Waals surface area contributed by atoms with Crippen LogP contribution in [0.15, 0.2) is 24.5 Å². The summed E-state index contributed by atoms with van der Waals surface area (Å²) in [6, 6.07) is 6.69. The van der Waals surface area contributed by atoms with E-state index in [-0.39, 0.29) is 6.04 Å². The molecule has 2 aromatic rings. The van der Waals surface area contributed by atoms with Gasteiger partial charge < -0.3 is 5.73 Å². The molecule has 0 saturated heterocycles. The van der Waals surface area contributed by atoms with Crippen LogP contribution in [0.4, 0.5) is 0 Å². The average Bonchev–Trinajstić information content (AvgIpc) is 2.75. The Bertz CT molecular complexity index is 539. The molecular weight excluding hydrogens is 248 g/mol. The standard InChI is InChI=1S/C16H24N4/c1-4-5-20-16(18-11-19-20)10-15(17)9-14-7-12(2)6-13(3)8-14/h6-8,11,15H,4-5,9-10,17H2,1-3H3. The Hall–Kier alpha value is -1.68. The molecule has 0 aliphatic heterocycles. The average molecular weight is 272 g/mol. The van der Waals surface area contributed by atoms with Crippen LogP contribution in [0.5, 0.6) is 0 Å². The first kappa shape index (κ1) is 14.7. The van der Waals surface area contributed by atoms with Gasteiger partial charge in [-0.25, -0.2) is 4.98 Å². The van der Waals surface area contributed by atoms with E-state index in [1.807, 2.05) is 4.68 Å². The molecule has 0 bridgehead atoms. The van der Waals surface area contributed by atoms with Crippen molar-refractivity contribution in [2.45, 2.75) is 52.6 Å². The maximum Gasteiger partial charge on any atom is 0.138 e. The Morgan fingerprint density at radius 3 is 2.50 bits per heavy atom. The molecule has 0 amide bonds. The van der Waals surface area contributed by atoms with E-state index in [0.29, 0.717) is 0 Å². The molecule has 2 rings (SSSR count). The minimum absolute atomic E-state index is 0.0796. The van der Waals surface area contributed by atoms with Crippen LogP contribution in [-0.4, -0.2) is 20.8 Å². The number of nitrogens with two attached hydrogens (primary N) is 1. The van der Waals surface area contributed by atoms with Crippen LogP contribution >= 0.6 is 0 Å². The highest BCUT2D eigenvalue weighted by Gasteiger charge is 2.11. The molecule has 0 fully saturated rings. The summed E-state index contributed by atoms with van der Waals surface area (Å²) in [5.41, 5.74) is 10.2. The second-order valence-corrected chi connectivity index (χ2v) is 5.56. The SMILES string of the molecule is CCCn1ncnc1CC(N)Cc1cc(C)cc(C)c1. The predicted molar refractivity (Wildman–Crippen MR) is 81.6 cm³/mol. The third-order valence-corrected chi connectivity index (χ3v) is 3.36. The van der Waals surface area contributed by atoms with Gasteiger partial charge in [0.15, 0.2) is 0 Å². The first-order valence-electron chi connectivity index (χ1n) is 7.28. The van der Waals surface area contributed by atoms with Gasteiger partial charge in [0.1, 0.15) is 12.2 Å². The van der Waals surface area contributed by atoms with E-state index in [1.54, 1.807) is 6.33 Å². The van der Waals surface area contributed by atoms with E-state index in [1.165, 1.54) is 16.7 Å². The van der Waals surface area contributed by atoms with Gasteiger partial charge in [0.05, 0.1) is 0 Å². The summed E-state index contributed by atoms with van der Waals surface area (Å²) in [4.78, 5) is 4.32. The molecule has 0 saturated carbocycles. The van der Waals surface area contributed by atoms with Gasteiger partial charge in [-0.3, -0.25) is 4.68 Å². The van der Waals surface area contributed by atoms with Crippen LogP contribution in [0.2, 0.25) is 0 Å². The Labute approximate surface area is 121 Å². The highest BCUT2D eigenvalue weighted by molar-refractivity contribution is 5.29. The molecule has 1 heterocycles. The Kier molecular flexibility index (Phi) is 4.90. The van der Waals surface area contributed by atoms with Crippen LogP contribution in [-0.2, 0) is 19.4 Å². The lowest BCUT2D eigenvalue weighted by Crippen LogP contribution is -2.27. The van der Waals surface area contributed by atoms with Gasteiger partial charge in [0.25, 0.3) is 0 Å². The van der Waals surface area contributed by atoms with Crippen molar-refractivity contribution in [3.63, 3.8) is 0 Å². The van der Waals surface area contributed by atoms with Gasteiger partial charge in [-0.1, -0.05) is 36.2 Å². The van der Waals surface area contributed by atoms with Gasteiger partial charge >= 0.3 is 0 Å². The number of aryl methyl sites for hydroxylation is 3. The van der Waals surface area contributed by atoms with Crippen molar-refractivity contribution in [2.75, 3.05) is 0 Å². The third kappa shape index (κ3) is 3.90. The summed E-state index contributed by atoms with van der Waals surface area (Å²) in [6.45, 7) is 7.30. The van der Waals surface area contributed by atoms with Crippen molar-refractivity contribution in [2.24, 2.45) is 5.73 Å². The fraction of sp³-hybridized carbons (Fsp3) is 0.500. The maximum atomic E-state index is 6.28. The Balaban J connectivity index is 2.01. The molecule has 0 aliphatic rings. The highest BCUT2D eigenvalue weighted by Crippen LogP contribution is 2.12. The van der Waals surface area contributed by atoms with Crippen LogP contribution < -0.4 is 5.73 Å². The summed E-state index contributed by atoms with van der Waals surface area (Å²) in [5.74, 6) is 0.990. The van der Waals surface area contributed by atoms with Crippen molar-refractivity contribution in [1.29, 1.82) is 0 Å². The number of aromatic nitrogens is 3. The lowest BCUT2D eigenvalue weighted by atomic mass is 10.00. The van der Waals surface area contributed by atoms with Crippen molar-refractivity contribution >= 4 is 0 Å². The number of hydrogen-bond acceptors (Lipinski definition) is 3. The molecule has 1 aromatic heterocycles. The van der Waals surface area contributed by atoms with E-state index in [9.17, 15) is 0 Å². The van der Waals surface area contributed by atoms with E-state index >= 15 is 0 Å². The first-order valence-corrected chi connectivity index (χ1v) is 7.28. The largest absolute Gasteiger partial charge is 0.327 e. The van der Waals surface area contributed by atoms with E-state index in [4.69, 9.17) is 5.73 Å². The number of benzene rings is 1. The monoisotopic (exact) mass is 272 g/mol. The van der Waals surface area contributed by atoms with Crippen LogP contribution in [0.25, 0.3) is 0 Å². The zero-order chi connectivity index (χ0) is 14.5. The molecular formula is C16H24N4. The van der Waals surface area contributed by atoms with Crippen LogP contribution in [0.3, 0.4) is 0 Å². The number of hydrogen-bond donors (Lipinski definition) is 1. The summed E-state index contributed by atoms with van der Waals surface area (Å²) in [6.07, 6.45) is 4.33. The van der Waals surface area contributed by atoms with E-state index in [0.717, 1.165) is 31.6 Å². The van der Waals surface area contributed by atoms with Gasteiger partial charge in [0, 0.05) is 19.0 Å². The zero-order valence-electron chi connectivity index (χ0n) is 12.6. The molecule has 2 N–H and O–H groups in total. The second kappa shape index (κ2) is 6.66. The van der Waals surface area contributed by atoms with Gasteiger partial charge in [-0.15, -0.1) is 0 Å². The molecule has 4 nitrogen and oxygen atoms in total. The smallest absolute Gasteiger partial charge is 0.138 e. The zero-order valence-corrected chi connectivity index (χ0v) is 12.6. The number of nitrogens with zero attached hydrogens (tertiary/aromatic N) is 3. The van der Waals surface area contributed by atoms with Crippen LogP contribution in [0, 0.1) is 13.8 Å². The molecule has 20 heavy (non-hydrogen) atoms. The molecule has 0 aliphatic carbocycles. The molecule has 108 valence electrons. The van der Waals surface area contributed by atoms with E-state index < -0.39 is 0 Å². The molecule has 0 spiro atoms. The summed E-state index contributed by atoms with van der Waals surface area (Å²) in [5, 5.41) is 4.24. The Morgan fingerprint density at radius 1 is 1.15 bits per heavy atom. The van der Waals surface area contributed by atoms with Crippen molar-refractivity contribution in [3.05, 3.63) is 47.0 Å². The summed E-state index contributed by atoms with van der Waals surface area (Å²) < 4.78 is 1.96. The normalized spacial score (nSPS) is 12.6. The van der Waals surface area contributed by atoms with Crippen LogP contribution in [0.1, 0.15) is 35.9 Å². The van der Waals surface area contributed by atoms with Crippen molar-refractivity contribution < 1.29 is 0 Å². The minimum atomic E-state index is 0.0796. The van der Waals surface area contributed by atoms with Gasteiger partial charge in [0.2, 0.25) is 0 Å². The lowest BCUT2D eigenvalue weighted by Gasteiger charge is -2.13. The fourth-order valence-electron chi connectivity index (χ4n) is 2.64. The molecule has 1 aromatic carbocycles. The molecule has 1 unspecified atom stereocenters. The predicted octanol–water partition coefficient (Wildman–Crippen LogP) is 2.42. The second-order valence-electron chi connectivity index (χ2n) is 5.56. The quantitative estimate of drug-likeness (QED) is 0.878. The van der Waals surface area contributed by atoms with Crippen molar-refractivity contribution in [3.8, 4) is 0 Å². The fourth-order valence-corrected chi connectivity index (χ4v) is 2.64. The third-order valence-electron chi connectivity index (χ3n) is 3.36. The Morgan fingerprint density at radius 2 is 1.85 bits per heavy atom. The first-order chi connectivity index (χ1) is 9.58. The topological polar surface area (TPSA) is 56.7 Å². The highest BCUT2D eigenvalue weighted by atomic mass is 15.3. The minimum Gasteiger partial charge on any atom is -0.327 e. The van der Waals surface area contributed by atoms with E-state index in [2.05, 4.69) is 49.1 Å². The molecule has 0 radical (unpaired) electrons.